The first-order valence-electron chi connectivity index (χ1n) is 6.40. The van der Waals surface area contributed by atoms with Crippen LogP contribution in [0.3, 0.4) is 0 Å². The summed E-state index contributed by atoms with van der Waals surface area (Å²) < 4.78 is 31.1. The fourth-order valence-electron chi connectivity index (χ4n) is 1.57. The zero-order chi connectivity index (χ0) is 15.0. The van der Waals surface area contributed by atoms with Crippen molar-refractivity contribution < 1.29 is 17.9 Å². The molecule has 0 saturated carbocycles. The summed E-state index contributed by atoms with van der Waals surface area (Å²) in [5, 5.41) is 3.10. The van der Waals surface area contributed by atoms with E-state index in [1.807, 2.05) is 6.92 Å². The van der Waals surface area contributed by atoms with Crippen LogP contribution in [0.5, 0.6) is 0 Å². The highest BCUT2D eigenvalue weighted by Gasteiger charge is 2.15. The van der Waals surface area contributed by atoms with Gasteiger partial charge >= 0.3 is 5.97 Å². The van der Waals surface area contributed by atoms with Gasteiger partial charge < -0.3 is 10.1 Å². The molecular weight excluding hydrogens is 280 g/mol. The van der Waals surface area contributed by atoms with Gasteiger partial charge in [-0.15, -0.1) is 0 Å². The van der Waals surface area contributed by atoms with E-state index in [0.29, 0.717) is 13.1 Å². The standard InChI is InChI=1S/C13H20N2O4S/c1-3-7-14-8-9-15-20(17,18)12-6-4-5-11(10-12)13(16)19-2/h4-6,10,14-15H,3,7-9H2,1-2H3. The van der Waals surface area contributed by atoms with E-state index in [9.17, 15) is 13.2 Å². The molecule has 0 saturated heterocycles. The molecule has 6 nitrogen and oxygen atoms in total. The summed E-state index contributed by atoms with van der Waals surface area (Å²) in [5.41, 5.74) is 0.208. The first-order valence-corrected chi connectivity index (χ1v) is 7.88. The Morgan fingerprint density at radius 2 is 2.00 bits per heavy atom. The molecule has 2 N–H and O–H groups in total. The lowest BCUT2D eigenvalue weighted by Gasteiger charge is -2.08. The maximum atomic E-state index is 12.0. The predicted octanol–water partition coefficient (Wildman–Crippen LogP) is 0.751. The second kappa shape index (κ2) is 7.98. The molecule has 0 aromatic heterocycles. The van der Waals surface area contributed by atoms with Crippen LogP contribution in [0.2, 0.25) is 0 Å². The van der Waals surface area contributed by atoms with Gasteiger partial charge in [0.25, 0.3) is 0 Å². The molecule has 0 aliphatic heterocycles. The van der Waals surface area contributed by atoms with Crippen molar-refractivity contribution in [3.8, 4) is 0 Å². The molecule has 0 fully saturated rings. The molecule has 0 amide bonds. The van der Waals surface area contributed by atoms with E-state index < -0.39 is 16.0 Å². The van der Waals surface area contributed by atoms with Gasteiger partial charge in [0, 0.05) is 13.1 Å². The number of carbonyl (C=O) groups is 1. The molecule has 0 radical (unpaired) electrons. The van der Waals surface area contributed by atoms with E-state index in [1.54, 1.807) is 0 Å². The lowest BCUT2D eigenvalue weighted by Crippen LogP contribution is -2.32. The number of esters is 1. The molecule has 0 heterocycles. The minimum atomic E-state index is -3.61. The molecule has 0 aliphatic rings. The van der Waals surface area contributed by atoms with Crippen molar-refractivity contribution in [3.63, 3.8) is 0 Å². The highest BCUT2D eigenvalue weighted by Crippen LogP contribution is 2.12. The van der Waals surface area contributed by atoms with Gasteiger partial charge in [0.1, 0.15) is 0 Å². The molecule has 7 heteroatoms. The van der Waals surface area contributed by atoms with Gasteiger partial charge in [-0.25, -0.2) is 17.9 Å². The summed E-state index contributed by atoms with van der Waals surface area (Å²) >= 11 is 0. The third-order valence-electron chi connectivity index (χ3n) is 2.59. The molecule has 0 spiro atoms. The number of hydrogen-bond acceptors (Lipinski definition) is 5. The number of benzene rings is 1. The van der Waals surface area contributed by atoms with Gasteiger partial charge in [-0.1, -0.05) is 13.0 Å². The molecule has 0 bridgehead atoms. The average molecular weight is 300 g/mol. The maximum Gasteiger partial charge on any atom is 0.337 e. The number of methoxy groups -OCH3 is 1. The van der Waals surface area contributed by atoms with Crippen LogP contribution in [-0.4, -0.2) is 41.1 Å². The summed E-state index contributed by atoms with van der Waals surface area (Å²) in [6.07, 6.45) is 0.994. The zero-order valence-electron chi connectivity index (χ0n) is 11.7. The second-order valence-corrected chi connectivity index (χ2v) is 5.93. The molecular formula is C13H20N2O4S. The SMILES string of the molecule is CCCNCCNS(=O)(=O)c1cccc(C(=O)OC)c1. The summed E-state index contributed by atoms with van der Waals surface area (Å²) in [4.78, 5) is 11.4. The summed E-state index contributed by atoms with van der Waals surface area (Å²) in [7, 11) is -2.36. The Morgan fingerprint density at radius 3 is 2.65 bits per heavy atom. The van der Waals surface area contributed by atoms with Gasteiger partial charge in [0.15, 0.2) is 0 Å². The largest absolute Gasteiger partial charge is 0.465 e. The summed E-state index contributed by atoms with van der Waals surface area (Å²) in [5.74, 6) is -0.563. The Labute approximate surface area is 119 Å². The minimum Gasteiger partial charge on any atom is -0.465 e. The third-order valence-corrected chi connectivity index (χ3v) is 4.04. The number of carbonyl (C=O) groups excluding carboxylic acids is 1. The lowest BCUT2D eigenvalue weighted by molar-refractivity contribution is 0.0600. The van der Waals surface area contributed by atoms with Crippen molar-refractivity contribution in [2.45, 2.75) is 18.2 Å². The second-order valence-electron chi connectivity index (χ2n) is 4.17. The average Bonchev–Trinajstić information content (AvgIpc) is 2.46. The van der Waals surface area contributed by atoms with Crippen molar-refractivity contribution in [1.29, 1.82) is 0 Å². The van der Waals surface area contributed by atoms with Crippen molar-refractivity contribution in [2.24, 2.45) is 0 Å². The Hall–Kier alpha value is -1.44. The number of hydrogen-bond donors (Lipinski definition) is 2. The van der Waals surface area contributed by atoms with Crippen LogP contribution in [0.1, 0.15) is 23.7 Å². The van der Waals surface area contributed by atoms with Gasteiger partial charge in [-0.05, 0) is 31.2 Å². The highest BCUT2D eigenvalue weighted by atomic mass is 32.2. The summed E-state index contributed by atoms with van der Waals surface area (Å²) in [6, 6.07) is 5.76. The third kappa shape index (κ3) is 4.92. The van der Waals surface area contributed by atoms with Crippen LogP contribution >= 0.6 is 0 Å². The van der Waals surface area contributed by atoms with E-state index in [0.717, 1.165) is 13.0 Å². The molecule has 1 aromatic carbocycles. The van der Waals surface area contributed by atoms with Crippen LogP contribution < -0.4 is 10.0 Å². The molecule has 1 aromatic rings. The van der Waals surface area contributed by atoms with E-state index in [2.05, 4.69) is 14.8 Å². The van der Waals surface area contributed by atoms with E-state index in [4.69, 9.17) is 0 Å². The first kappa shape index (κ1) is 16.6. The van der Waals surface area contributed by atoms with Crippen molar-refractivity contribution in [2.75, 3.05) is 26.7 Å². The Balaban J connectivity index is 2.70. The zero-order valence-corrected chi connectivity index (χ0v) is 12.5. The predicted molar refractivity (Wildman–Crippen MR) is 76.1 cm³/mol. The number of rotatable bonds is 8. The molecule has 112 valence electrons. The van der Waals surface area contributed by atoms with E-state index in [1.165, 1.54) is 31.4 Å². The fourth-order valence-corrected chi connectivity index (χ4v) is 2.64. The van der Waals surface area contributed by atoms with Crippen LogP contribution in [0.25, 0.3) is 0 Å². The number of sulfonamides is 1. The minimum absolute atomic E-state index is 0.0518. The Kier molecular flexibility index (Phi) is 6.63. The van der Waals surface area contributed by atoms with Crippen molar-refractivity contribution in [1.82, 2.24) is 10.0 Å². The van der Waals surface area contributed by atoms with Crippen molar-refractivity contribution >= 4 is 16.0 Å². The van der Waals surface area contributed by atoms with Gasteiger partial charge in [0.05, 0.1) is 17.6 Å². The van der Waals surface area contributed by atoms with Gasteiger partial charge in [-0.2, -0.15) is 0 Å². The number of nitrogens with one attached hydrogen (secondary N) is 2. The van der Waals surface area contributed by atoms with Crippen LogP contribution in [0.4, 0.5) is 0 Å². The quantitative estimate of drug-likeness (QED) is 0.547. The molecule has 20 heavy (non-hydrogen) atoms. The molecule has 0 unspecified atom stereocenters. The number of ether oxygens (including phenoxy) is 1. The van der Waals surface area contributed by atoms with Gasteiger partial charge in [0.2, 0.25) is 10.0 Å². The highest BCUT2D eigenvalue weighted by molar-refractivity contribution is 7.89. The fraction of sp³-hybridized carbons (Fsp3) is 0.462. The van der Waals surface area contributed by atoms with E-state index >= 15 is 0 Å². The lowest BCUT2D eigenvalue weighted by atomic mass is 10.2. The molecule has 1 rings (SSSR count). The van der Waals surface area contributed by atoms with Crippen LogP contribution in [0, 0.1) is 0 Å². The van der Waals surface area contributed by atoms with Crippen LogP contribution in [0.15, 0.2) is 29.2 Å². The van der Waals surface area contributed by atoms with E-state index in [-0.39, 0.29) is 10.5 Å². The molecule has 0 aliphatic carbocycles. The Bertz CT molecular complexity index is 543. The topological polar surface area (TPSA) is 84.5 Å². The van der Waals surface area contributed by atoms with Crippen molar-refractivity contribution in [3.05, 3.63) is 29.8 Å². The smallest absolute Gasteiger partial charge is 0.337 e. The first-order chi connectivity index (χ1) is 9.51. The van der Waals surface area contributed by atoms with Gasteiger partial charge in [-0.3, -0.25) is 0 Å². The molecule has 0 atom stereocenters. The normalized spacial score (nSPS) is 11.3. The monoisotopic (exact) mass is 300 g/mol. The Morgan fingerprint density at radius 1 is 1.25 bits per heavy atom. The summed E-state index contributed by atoms with van der Waals surface area (Å²) in [6.45, 7) is 3.74. The van der Waals surface area contributed by atoms with Crippen LogP contribution in [-0.2, 0) is 14.8 Å². The maximum absolute atomic E-state index is 12.0.